The molecule has 1 amide bonds. The standard InChI is InChI=1S/C22H23N7O3S/c1-11-8-24-15(12(2)18(11)31-3)10-29-19-17-14(28-29)7-16(33-21(17)27-22(23)26-19)20(30)25-9-13-5-4-6-32-13/h4-6,8,16H,7,9-10H2,1-3H3,(H,25,30)(H2,23,26,27). The van der Waals surface area contributed by atoms with Crippen LogP contribution in [0.2, 0.25) is 0 Å². The summed E-state index contributed by atoms with van der Waals surface area (Å²) in [5.41, 5.74) is 10.2. The van der Waals surface area contributed by atoms with Crippen molar-refractivity contribution in [2.75, 3.05) is 12.8 Å². The number of carbonyl (C=O) groups is 1. The van der Waals surface area contributed by atoms with E-state index in [9.17, 15) is 4.79 Å². The lowest BCUT2D eigenvalue weighted by Gasteiger charge is -2.19. The Hall–Kier alpha value is -3.60. The first-order valence-corrected chi connectivity index (χ1v) is 11.3. The summed E-state index contributed by atoms with van der Waals surface area (Å²) in [5, 5.41) is 8.82. The SMILES string of the molecule is COc1c(C)cnc(Cn2nc3c4c(nc(N)nc42)SC(C(=O)NCc2ccco2)C3)c1C. The summed E-state index contributed by atoms with van der Waals surface area (Å²) in [4.78, 5) is 26.3. The smallest absolute Gasteiger partial charge is 0.234 e. The molecule has 5 heterocycles. The van der Waals surface area contributed by atoms with Gasteiger partial charge in [-0.15, -0.1) is 0 Å². The molecule has 3 N–H and O–H groups in total. The van der Waals surface area contributed by atoms with Crippen LogP contribution in [-0.4, -0.2) is 43.0 Å². The second-order valence-corrected chi connectivity index (χ2v) is 9.04. The van der Waals surface area contributed by atoms with E-state index in [0.29, 0.717) is 35.9 Å². The van der Waals surface area contributed by atoms with Gasteiger partial charge in [-0.05, 0) is 26.0 Å². The average Bonchev–Trinajstić information content (AvgIpc) is 3.43. The van der Waals surface area contributed by atoms with Gasteiger partial charge in [-0.3, -0.25) is 9.78 Å². The monoisotopic (exact) mass is 465 g/mol. The Bertz CT molecular complexity index is 1350. The van der Waals surface area contributed by atoms with Crippen LogP contribution in [-0.2, 0) is 24.3 Å². The first kappa shape index (κ1) is 21.3. The summed E-state index contributed by atoms with van der Waals surface area (Å²) in [6.07, 6.45) is 3.83. The Balaban J connectivity index is 1.45. The first-order chi connectivity index (χ1) is 15.9. The van der Waals surface area contributed by atoms with Crippen LogP contribution in [0.25, 0.3) is 11.0 Å². The van der Waals surface area contributed by atoms with Gasteiger partial charge in [-0.1, -0.05) is 11.8 Å². The Morgan fingerprint density at radius 3 is 3.00 bits per heavy atom. The van der Waals surface area contributed by atoms with Gasteiger partial charge in [-0.25, -0.2) is 9.67 Å². The number of nitrogens with one attached hydrogen (secondary N) is 1. The number of furan rings is 1. The van der Waals surface area contributed by atoms with E-state index in [1.807, 2.05) is 19.9 Å². The minimum Gasteiger partial charge on any atom is -0.496 e. The molecule has 1 aliphatic rings. The lowest BCUT2D eigenvalue weighted by Crippen LogP contribution is -2.34. The Labute approximate surface area is 193 Å². The molecule has 0 aromatic carbocycles. The van der Waals surface area contributed by atoms with Gasteiger partial charge in [0.1, 0.15) is 16.5 Å². The number of aromatic nitrogens is 5. The summed E-state index contributed by atoms with van der Waals surface area (Å²) < 4.78 is 12.6. The van der Waals surface area contributed by atoms with E-state index in [-0.39, 0.29) is 17.1 Å². The summed E-state index contributed by atoms with van der Waals surface area (Å²) >= 11 is 1.38. The van der Waals surface area contributed by atoms with E-state index in [0.717, 1.165) is 33.7 Å². The summed E-state index contributed by atoms with van der Waals surface area (Å²) in [6, 6.07) is 3.61. The van der Waals surface area contributed by atoms with Crippen LogP contribution >= 0.6 is 11.8 Å². The predicted octanol–water partition coefficient (Wildman–Crippen LogP) is 2.40. The fourth-order valence-corrected chi connectivity index (χ4v) is 5.21. The number of pyridine rings is 1. The van der Waals surface area contributed by atoms with Gasteiger partial charge in [0.25, 0.3) is 0 Å². The molecular formula is C22H23N7O3S. The molecule has 1 aliphatic heterocycles. The number of rotatable bonds is 6. The lowest BCUT2D eigenvalue weighted by molar-refractivity contribution is -0.120. The fourth-order valence-electron chi connectivity index (χ4n) is 4.04. The van der Waals surface area contributed by atoms with Crippen LogP contribution in [0.4, 0.5) is 5.95 Å². The average molecular weight is 466 g/mol. The molecule has 0 radical (unpaired) electrons. The molecule has 0 saturated carbocycles. The van der Waals surface area contributed by atoms with Crippen molar-refractivity contribution in [2.24, 2.45) is 0 Å². The van der Waals surface area contributed by atoms with Crippen molar-refractivity contribution in [2.45, 2.75) is 43.6 Å². The number of hydrogen-bond donors (Lipinski definition) is 2. The van der Waals surface area contributed by atoms with E-state index >= 15 is 0 Å². The lowest BCUT2D eigenvalue weighted by atomic mass is 10.1. The van der Waals surface area contributed by atoms with Crippen molar-refractivity contribution in [1.82, 2.24) is 30.0 Å². The first-order valence-electron chi connectivity index (χ1n) is 10.4. The molecule has 4 aromatic rings. The van der Waals surface area contributed by atoms with Crippen molar-refractivity contribution in [3.8, 4) is 5.75 Å². The van der Waals surface area contributed by atoms with Crippen LogP contribution in [0.1, 0.15) is 28.3 Å². The molecule has 0 saturated heterocycles. The molecule has 0 bridgehead atoms. The number of nitrogen functional groups attached to an aromatic ring is 1. The third kappa shape index (κ3) is 3.88. The zero-order chi connectivity index (χ0) is 23.1. The van der Waals surface area contributed by atoms with E-state index in [2.05, 4.69) is 20.3 Å². The molecule has 1 atom stereocenters. The molecule has 5 rings (SSSR count). The Morgan fingerprint density at radius 1 is 1.39 bits per heavy atom. The Morgan fingerprint density at radius 2 is 2.24 bits per heavy atom. The maximum atomic E-state index is 12.8. The maximum absolute atomic E-state index is 12.8. The highest BCUT2D eigenvalue weighted by atomic mass is 32.2. The zero-order valence-electron chi connectivity index (χ0n) is 18.5. The number of carbonyl (C=O) groups excluding carboxylic acids is 1. The molecule has 11 heteroatoms. The largest absolute Gasteiger partial charge is 0.496 e. The van der Waals surface area contributed by atoms with E-state index < -0.39 is 0 Å². The Kier molecular flexibility index (Phi) is 5.41. The van der Waals surface area contributed by atoms with Crippen LogP contribution < -0.4 is 15.8 Å². The number of hydrogen-bond acceptors (Lipinski definition) is 9. The number of thioether (sulfide) groups is 1. The van der Waals surface area contributed by atoms with Crippen molar-refractivity contribution >= 4 is 34.7 Å². The predicted molar refractivity (Wildman–Crippen MR) is 123 cm³/mol. The third-order valence-electron chi connectivity index (χ3n) is 5.64. The van der Waals surface area contributed by atoms with Crippen LogP contribution in [0.5, 0.6) is 5.75 Å². The number of methoxy groups -OCH3 is 1. The van der Waals surface area contributed by atoms with Gasteiger partial charge in [0.2, 0.25) is 11.9 Å². The van der Waals surface area contributed by atoms with Crippen molar-refractivity contribution in [3.63, 3.8) is 0 Å². The highest BCUT2D eigenvalue weighted by molar-refractivity contribution is 8.00. The number of anilines is 1. The van der Waals surface area contributed by atoms with Crippen LogP contribution in [0, 0.1) is 13.8 Å². The highest BCUT2D eigenvalue weighted by Crippen LogP contribution is 2.38. The number of nitrogens with zero attached hydrogens (tertiary/aromatic N) is 5. The van der Waals surface area contributed by atoms with Crippen LogP contribution in [0.15, 0.2) is 34.0 Å². The molecule has 1 unspecified atom stereocenters. The van der Waals surface area contributed by atoms with E-state index in [4.69, 9.17) is 20.0 Å². The molecule has 170 valence electrons. The molecule has 0 spiro atoms. The quantitative estimate of drug-likeness (QED) is 0.412. The highest BCUT2D eigenvalue weighted by Gasteiger charge is 2.32. The normalized spacial score (nSPS) is 15.1. The van der Waals surface area contributed by atoms with Crippen molar-refractivity contribution in [1.29, 1.82) is 0 Å². The fraction of sp³-hybridized carbons (Fsp3) is 0.318. The number of amides is 1. The number of nitrogens with two attached hydrogens (primary N) is 1. The summed E-state index contributed by atoms with van der Waals surface area (Å²) in [6.45, 7) is 4.66. The molecular weight excluding hydrogens is 442 g/mol. The number of aryl methyl sites for hydroxylation is 1. The van der Waals surface area contributed by atoms with E-state index in [1.165, 1.54) is 11.8 Å². The molecule has 0 aliphatic carbocycles. The second kappa shape index (κ2) is 8.39. The van der Waals surface area contributed by atoms with Gasteiger partial charge >= 0.3 is 0 Å². The minimum atomic E-state index is -0.382. The molecule has 4 aromatic heterocycles. The third-order valence-corrected chi connectivity index (χ3v) is 6.82. The van der Waals surface area contributed by atoms with Crippen molar-refractivity contribution < 1.29 is 13.9 Å². The summed E-state index contributed by atoms with van der Waals surface area (Å²) in [5.74, 6) is 1.53. The topological polar surface area (TPSA) is 134 Å². The number of ether oxygens (including phenoxy) is 1. The minimum absolute atomic E-state index is 0.109. The molecule has 10 nitrogen and oxygen atoms in total. The van der Waals surface area contributed by atoms with Gasteiger partial charge in [0.05, 0.1) is 48.5 Å². The van der Waals surface area contributed by atoms with E-state index in [1.54, 1.807) is 30.3 Å². The van der Waals surface area contributed by atoms with Crippen LogP contribution in [0.3, 0.4) is 0 Å². The van der Waals surface area contributed by atoms with Gasteiger partial charge in [-0.2, -0.15) is 10.1 Å². The van der Waals surface area contributed by atoms with Gasteiger partial charge < -0.3 is 20.2 Å². The summed E-state index contributed by atoms with van der Waals surface area (Å²) in [7, 11) is 1.65. The maximum Gasteiger partial charge on any atom is 0.234 e. The van der Waals surface area contributed by atoms with Crippen molar-refractivity contribution in [3.05, 3.63) is 52.9 Å². The van der Waals surface area contributed by atoms with Gasteiger partial charge in [0, 0.05) is 23.7 Å². The second-order valence-electron chi connectivity index (χ2n) is 7.84. The molecule has 33 heavy (non-hydrogen) atoms. The zero-order valence-corrected chi connectivity index (χ0v) is 19.3. The van der Waals surface area contributed by atoms with Gasteiger partial charge in [0.15, 0.2) is 5.65 Å². The molecule has 0 fully saturated rings.